The molecule has 0 amide bonds. The van der Waals surface area contributed by atoms with Gasteiger partial charge in [-0.15, -0.1) is 0 Å². The van der Waals surface area contributed by atoms with E-state index in [9.17, 15) is 14.4 Å². The zero-order valence-corrected chi connectivity index (χ0v) is 18.9. The van der Waals surface area contributed by atoms with Crippen LogP contribution in [0.15, 0.2) is 46.8 Å². The van der Waals surface area contributed by atoms with Crippen LogP contribution in [0.3, 0.4) is 0 Å². The number of nitrogens with one attached hydrogen (secondary N) is 1. The van der Waals surface area contributed by atoms with Gasteiger partial charge in [-0.05, 0) is 43.9 Å². The van der Waals surface area contributed by atoms with E-state index in [0.717, 1.165) is 16.9 Å². The van der Waals surface area contributed by atoms with E-state index in [1.54, 1.807) is 6.92 Å². The molecule has 166 valence electrons. The Bertz CT molecular complexity index is 959. The normalized spacial score (nSPS) is 23.2. The summed E-state index contributed by atoms with van der Waals surface area (Å²) in [6.45, 7) is 5.66. The second kappa shape index (κ2) is 8.96. The number of ketones is 1. The Balaban J connectivity index is 2.17. The summed E-state index contributed by atoms with van der Waals surface area (Å²) in [7, 11) is 5.18. The zero-order valence-electron chi connectivity index (χ0n) is 18.9. The number of ether oxygens (including phenoxy) is 2. The largest absolute Gasteiger partial charge is 0.468 e. The molecule has 1 N–H and O–H groups in total. The predicted octanol–water partition coefficient (Wildman–Crippen LogP) is 2.93. The van der Waals surface area contributed by atoms with Gasteiger partial charge in [-0.2, -0.15) is 0 Å². The third-order valence-electron chi connectivity index (χ3n) is 5.98. The molecule has 31 heavy (non-hydrogen) atoms. The molecule has 0 bridgehead atoms. The van der Waals surface area contributed by atoms with Crippen molar-refractivity contribution in [2.75, 3.05) is 32.7 Å². The van der Waals surface area contributed by atoms with Gasteiger partial charge in [0, 0.05) is 42.7 Å². The van der Waals surface area contributed by atoms with Crippen LogP contribution in [0, 0.1) is 11.8 Å². The quantitative estimate of drug-likeness (QED) is 0.572. The highest BCUT2D eigenvalue weighted by Gasteiger charge is 2.47. The number of carbonyl (C=O) groups excluding carboxylic acids is 3. The molecule has 1 aromatic rings. The van der Waals surface area contributed by atoms with E-state index in [1.807, 2.05) is 57.1 Å². The lowest BCUT2D eigenvalue weighted by molar-refractivity contribution is -0.151. The highest BCUT2D eigenvalue weighted by Crippen LogP contribution is 2.45. The summed E-state index contributed by atoms with van der Waals surface area (Å²) in [5.74, 6) is -3.03. The van der Waals surface area contributed by atoms with Crippen LogP contribution >= 0.6 is 0 Å². The van der Waals surface area contributed by atoms with Gasteiger partial charge < -0.3 is 19.7 Å². The molecule has 0 saturated carbocycles. The van der Waals surface area contributed by atoms with Crippen molar-refractivity contribution in [2.45, 2.75) is 33.1 Å². The van der Waals surface area contributed by atoms with E-state index in [0.29, 0.717) is 23.3 Å². The third-order valence-corrected chi connectivity index (χ3v) is 5.98. The number of Topliss-reactive ketones (excluding diaryl/α,β-unsaturated/α-hetero) is 1. The van der Waals surface area contributed by atoms with Gasteiger partial charge in [-0.25, -0.2) is 4.79 Å². The van der Waals surface area contributed by atoms with E-state index in [2.05, 4.69) is 5.32 Å². The Kier molecular flexibility index (Phi) is 6.53. The minimum atomic E-state index is -0.893. The Labute approximate surface area is 183 Å². The smallest absolute Gasteiger partial charge is 0.336 e. The minimum absolute atomic E-state index is 0.208. The van der Waals surface area contributed by atoms with Crippen LogP contribution in [-0.4, -0.2) is 45.5 Å². The number of anilines is 1. The number of esters is 2. The molecule has 3 rings (SSSR count). The Hall–Kier alpha value is -3.09. The molecule has 1 aromatic carbocycles. The molecule has 0 radical (unpaired) electrons. The first-order valence-electron chi connectivity index (χ1n) is 10.5. The van der Waals surface area contributed by atoms with Gasteiger partial charge in [0.25, 0.3) is 0 Å². The molecule has 7 nitrogen and oxygen atoms in total. The van der Waals surface area contributed by atoms with Gasteiger partial charge in [-0.3, -0.25) is 9.59 Å². The van der Waals surface area contributed by atoms with Crippen molar-refractivity contribution >= 4 is 23.4 Å². The first-order chi connectivity index (χ1) is 14.7. The second-order valence-corrected chi connectivity index (χ2v) is 8.24. The lowest BCUT2D eigenvalue weighted by atomic mass is 9.69. The summed E-state index contributed by atoms with van der Waals surface area (Å²) in [6.07, 6.45) is 0.514. The number of methoxy groups -OCH3 is 1. The van der Waals surface area contributed by atoms with Gasteiger partial charge in [0.1, 0.15) is 5.92 Å². The molecule has 7 heteroatoms. The van der Waals surface area contributed by atoms with Crippen LogP contribution in [0.4, 0.5) is 5.69 Å². The van der Waals surface area contributed by atoms with Crippen molar-refractivity contribution in [2.24, 2.45) is 11.8 Å². The molecule has 0 saturated heterocycles. The molecule has 3 atom stereocenters. The van der Waals surface area contributed by atoms with Gasteiger partial charge in [0.2, 0.25) is 0 Å². The first kappa shape index (κ1) is 22.6. The van der Waals surface area contributed by atoms with Crippen molar-refractivity contribution in [1.29, 1.82) is 0 Å². The SMILES string of the molecule is CCOC(=O)C1=C(C)NC2=C(C(=O)[C@@H](C(=O)OC)[C@@H](C)C2)[C@@H]1c1ccc(N(C)C)cc1. The van der Waals surface area contributed by atoms with Crippen molar-refractivity contribution in [1.82, 2.24) is 5.32 Å². The summed E-state index contributed by atoms with van der Waals surface area (Å²) in [4.78, 5) is 40.9. The minimum Gasteiger partial charge on any atom is -0.468 e. The van der Waals surface area contributed by atoms with Crippen LogP contribution < -0.4 is 10.2 Å². The molecule has 0 spiro atoms. The number of rotatable bonds is 5. The number of dihydropyridines is 1. The predicted molar refractivity (Wildman–Crippen MR) is 117 cm³/mol. The standard InChI is InChI=1S/C24H30N2O5/c1-7-31-24(29)19-14(3)25-17-12-13(2)18(23(28)30-6)22(27)21(17)20(19)15-8-10-16(11-9-15)26(4)5/h8-11,13,18,20,25H,7,12H2,1-6H3/t13-,18-,20+/m0/s1. The molecule has 0 aromatic heterocycles. The monoisotopic (exact) mass is 426 g/mol. The van der Waals surface area contributed by atoms with Gasteiger partial charge in [0.05, 0.1) is 19.3 Å². The van der Waals surface area contributed by atoms with Crippen molar-refractivity contribution in [3.63, 3.8) is 0 Å². The summed E-state index contributed by atoms with van der Waals surface area (Å²) >= 11 is 0. The van der Waals surface area contributed by atoms with Crippen LogP contribution in [0.2, 0.25) is 0 Å². The fourth-order valence-corrected chi connectivity index (χ4v) is 4.46. The maximum atomic E-state index is 13.6. The molecular formula is C24H30N2O5. The zero-order chi connectivity index (χ0) is 22.9. The van der Waals surface area contributed by atoms with Crippen molar-refractivity contribution in [3.05, 3.63) is 52.4 Å². The molecule has 0 unspecified atom stereocenters. The van der Waals surface area contributed by atoms with Gasteiger partial charge in [-0.1, -0.05) is 19.1 Å². The van der Waals surface area contributed by atoms with E-state index >= 15 is 0 Å². The van der Waals surface area contributed by atoms with E-state index in [1.165, 1.54) is 7.11 Å². The molecular weight excluding hydrogens is 396 g/mol. The fraction of sp³-hybridized carbons (Fsp3) is 0.458. The van der Waals surface area contributed by atoms with Crippen LogP contribution in [0.5, 0.6) is 0 Å². The topological polar surface area (TPSA) is 84.9 Å². The molecule has 1 aliphatic heterocycles. The van der Waals surface area contributed by atoms with E-state index in [-0.39, 0.29) is 18.3 Å². The van der Waals surface area contributed by atoms with Crippen LogP contribution in [0.25, 0.3) is 0 Å². The number of hydrogen-bond acceptors (Lipinski definition) is 7. The number of benzene rings is 1. The lowest BCUT2D eigenvalue weighted by Crippen LogP contribution is -2.43. The highest BCUT2D eigenvalue weighted by molar-refractivity contribution is 6.12. The first-order valence-corrected chi connectivity index (χ1v) is 10.5. The maximum Gasteiger partial charge on any atom is 0.336 e. The number of carbonyl (C=O) groups is 3. The summed E-state index contributed by atoms with van der Waals surface area (Å²) in [6, 6.07) is 7.73. The fourth-order valence-electron chi connectivity index (χ4n) is 4.46. The van der Waals surface area contributed by atoms with Gasteiger partial charge >= 0.3 is 11.9 Å². The van der Waals surface area contributed by atoms with E-state index in [4.69, 9.17) is 9.47 Å². The Morgan fingerprint density at radius 2 is 1.84 bits per heavy atom. The molecule has 1 heterocycles. The Morgan fingerprint density at radius 3 is 2.39 bits per heavy atom. The number of allylic oxidation sites excluding steroid dienone is 3. The third kappa shape index (κ3) is 4.09. The van der Waals surface area contributed by atoms with Crippen LogP contribution in [0.1, 0.15) is 38.7 Å². The number of hydrogen-bond donors (Lipinski definition) is 1. The summed E-state index contributed by atoms with van der Waals surface area (Å²) in [5.41, 5.74) is 4.06. The maximum absolute atomic E-state index is 13.6. The molecule has 0 fully saturated rings. The van der Waals surface area contributed by atoms with Crippen LogP contribution in [-0.2, 0) is 23.9 Å². The molecule has 1 aliphatic carbocycles. The average molecular weight is 427 g/mol. The van der Waals surface area contributed by atoms with Crippen molar-refractivity contribution < 1.29 is 23.9 Å². The van der Waals surface area contributed by atoms with E-state index < -0.39 is 23.8 Å². The van der Waals surface area contributed by atoms with Crippen molar-refractivity contribution in [3.8, 4) is 0 Å². The molecule has 2 aliphatic rings. The average Bonchev–Trinajstić information content (AvgIpc) is 2.72. The summed E-state index contributed by atoms with van der Waals surface area (Å²) < 4.78 is 10.2. The second-order valence-electron chi connectivity index (χ2n) is 8.24. The summed E-state index contributed by atoms with van der Waals surface area (Å²) in [5, 5.41) is 3.25. The Morgan fingerprint density at radius 1 is 1.19 bits per heavy atom. The van der Waals surface area contributed by atoms with Gasteiger partial charge in [0.15, 0.2) is 5.78 Å². The lowest BCUT2D eigenvalue weighted by Gasteiger charge is -2.38. The number of nitrogens with zero attached hydrogens (tertiary/aromatic N) is 1. The highest BCUT2D eigenvalue weighted by atomic mass is 16.5.